The number of benzene rings is 2. The third-order valence-electron chi connectivity index (χ3n) is 2.90. The van der Waals surface area contributed by atoms with Crippen molar-refractivity contribution < 1.29 is 13.4 Å². The zero-order valence-corrected chi connectivity index (χ0v) is 12.5. The Hall–Kier alpha value is -2.01. The fraction of sp³-hybridized carbons (Fsp3) is 0.188. The number of anilines is 1. The number of rotatable bonds is 5. The summed E-state index contributed by atoms with van der Waals surface area (Å²) in [6.07, 6.45) is 0. The van der Waals surface area contributed by atoms with E-state index in [0.717, 1.165) is 5.56 Å². The van der Waals surface area contributed by atoms with Crippen LogP contribution in [0.3, 0.4) is 0 Å². The van der Waals surface area contributed by atoms with E-state index in [1.54, 1.807) is 30.3 Å². The molecule has 3 nitrogen and oxygen atoms in total. The number of aryl methyl sites for hydroxylation is 1. The standard InChI is InChI=1S/C16H16FNO2S/c1-12-6-8-14(9-7-12)18-16(19)11-21(20)10-13-4-2-3-5-15(13)17/h2-9H,10-11H2,1H3,(H,18,19). The molecule has 0 radical (unpaired) electrons. The Labute approximate surface area is 125 Å². The number of hydrogen-bond donors (Lipinski definition) is 1. The van der Waals surface area contributed by atoms with E-state index in [-0.39, 0.29) is 17.4 Å². The second kappa shape index (κ2) is 7.13. The maximum Gasteiger partial charge on any atom is 0.237 e. The van der Waals surface area contributed by atoms with Gasteiger partial charge in [0.05, 0.1) is 5.75 Å². The molecule has 0 aliphatic carbocycles. The van der Waals surface area contributed by atoms with Gasteiger partial charge >= 0.3 is 0 Å². The van der Waals surface area contributed by atoms with Gasteiger partial charge in [-0.25, -0.2) is 4.39 Å². The summed E-state index contributed by atoms with van der Waals surface area (Å²) in [6, 6.07) is 13.5. The molecule has 110 valence electrons. The van der Waals surface area contributed by atoms with Gasteiger partial charge in [0.25, 0.3) is 0 Å². The molecule has 1 N–H and O–H groups in total. The van der Waals surface area contributed by atoms with Gasteiger partial charge < -0.3 is 5.32 Å². The predicted molar refractivity (Wildman–Crippen MR) is 82.9 cm³/mol. The molecule has 1 unspecified atom stereocenters. The number of hydrogen-bond acceptors (Lipinski definition) is 2. The van der Waals surface area contributed by atoms with Gasteiger partial charge in [-0.2, -0.15) is 0 Å². The van der Waals surface area contributed by atoms with Crippen LogP contribution in [-0.4, -0.2) is 15.9 Å². The number of halogens is 1. The first-order chi connectivity index (χ1) is 10.0. The third-order valence-corrected chi connectivity index (χ3v) is 4.12. The fourth-order valence-electron chi connectivity index (χ4n) is 1.82. The highest BCUT2D eigenvalue weighted by molar-refractivity contribution is 7.84. The molecule has 0 saturated carbocycles. The molecule has 0 aromatic heterocycles. The van der Waals surface area contributed by atoms with Crippen molar-refractivity contribution in [3.8, 4) is 0 Å². The van der Waals surface area contributed by atoms with Crippen molar-refractivity contribution in [2.45, 2.75) is 12.7 Å². The Bertz CT molecular complexity index is 656. The van der Waals surface area contributed by atoms with Gasteiger partial charge in [0.1, 0.15) is 11.6 Å². The van der Waals surface area contributed by atoms with Gasteiger partial charge in [0, 0.05) is 22.1 Å². The van der Waals surface area contributed by atoms with Crippen LogP contribution in [0.5, 0.6) is 0 Å². The summed E-state index contributed by atoms with van der Waals surface area (Å²) in [5, 5.41) is 2.67. The molecular weight excluding hydrogens is 289 g/mol. The van der Waals surface area contributed by atoms with E-state index >= 15 is 0 Å². The first kappa shape index (κ1) is 15.4. The summed E-state index contributed by atoms with van der Waals surface area (Å²) in [5.41, 5.74) is 2.11. The smallest absolute Gasteiger partial charge is 0.237 e. The fourth-order valence-corrected chi connectivity index (χ4v) is 2.87. The summed E-state index contributed by atoms with van der Waals surface area (Å²) in [7, 11) is -1.44. The molecule has 0 fully saturated rings. The van der Waals surface area contributed by atoms with Crippen LogP contribution in [-0.2, 0) is 21.3 Å². The lowest BCUT2D eigenvalue weighted by atomic mass is 10.2. The second-order valence-corrected chi connectivity index (χ2v) is 6.19. The summed E-state index contributed by atoms with van der Waals surface area (Å²) in [6.45, 7) is 1.95. The second-order valence-electron chi connectivity index (χ2n) is 4.73. The van der Waals surface area contributed by atoms with E-state index in [4.69, 9.17) is 0 Å². The number of carbonyl (C=O) groups is 1. The molecule has 0 spiro atoms. The van der Waals surface area contributed by atoms with E-state index in [2.05, 4.69) is 5.32 Å². The van der Waals surface area contributed by atoms with Crippen molar-refractivity contribution in [1.29, 1.82) is 0 Å². The molecule has 5 heteroatoms. The highest BCUT2D eigenvalue weighted by Gasteiger charge is 2.11. The Morgan fingerprint density at radius 2 is 1.81 bits per heavy atom. The first-order valence-corrected chi connectivity index (χ1v) is 7.98. The molecule has 0 saturated heterocycles. The summed E-state index contributed by atoms with van der Waals surface area (Å²) in [5.74, 6) is -0.853. The molecule has 0 aliphatic heterocycles. The van der Waals surface area contributed by atoms with Crippen molar-refractivity contribution in [3.05, 3.63) is 65.5 Å². The van der Waals surface area contributed by atoms with E-state index in [0.29, 0.717) is 11.3 Å². The molecular formula is C16H16FNO2S. The molecule has 0 aliphatic rings. The first-order valence-electron chi connectivity index (χ1n) is 6.49. The average molecular weight is 305 g/mol. The Kier molecular flexibility index (Phi) is 5.22. The van der Waals surface area contributed by atoms with Crippen molar-refractivity contribution in [1.82, 2.24) is 0 Å². The SMILES string of the molecule is Cc1ccc(NC(=O)CS(=O)Cc2ccccc2F)cc1. The van der Waals surface area contributed by atoms with Crippen LogP contribution in [0.1, 0.15) is 11.1 Å². The van der Waals surface area contributed by atoms with Crippen molar-refractivity contribution in [2.75, 3.05) is 11.1 Å². The van der Waals surface area contributed by atoms with Crippen molar-refractivity contribution in [2.24, 2.45) is 0 Å². The van der Waals surface area contributed by atoms with E-state index < -0.39 is 16.6 Å². The molecule has 0 bridgehead atoms. The maximum absolute atomic E-state index is 13.4. The van der Waals surface area contributed by atoms with Crippen LogP contribution in [0.2, 0.25) is 0 Å². The number of amides is 1. The monoisotopic (exact) mass is 305 g/mol. The topological polar surface area (TPSA) is 46.2 Å². The Balaban J connectivity index is 1.89. The average Bonchev–Trinajstić information content (AvgIpc) is 2.44. The summed E-state index contributed by atoms with van der Waals surface area (Å²) >= 11 is 0. The lowest BCUT2D eigenvalue weighted by molar-refractivity contribution is -0.113. The third kappa shape index (κ3) is 4.79. The maximum atomic E-state index is 13.4. The van der Waals surface area contributed by atoms with Gasteiger partial charge in [0.2, 0.25) is 5.91 Å². The molecule has 2 aromatic rings. The minimum atomic E-state index is -1.44. The number of carbonyl (C=O) groups excluding carboxylic acids is 1. The quantitative estimate of drug-likeness (QED) is 0.923. The van der Waals surface area contributed by atoms with E-state index in [1.165, 1.54) is 6.07 Å². The number of nitrogens with one attached hydrogen (secondary N) is 1. The van der Waals surface area contributed by atoms with Crippen LogP contribution in [0.25, 0.3) is 0 Å². The molecule has 1 amide bonds. The van der Waals surface area contributed by atoms with Gasteiger partial charge in [-0.05, 0) is 25.1 Å². The summed E-state index contributed by atoms with van der Waals surface area (Å²) in [4.78, 5) is 11.8. The van der Waals surface area contributed by atoms with Crippen molar-refractivity contribution in [3.63, 3.8) is 0 Å². The molecule has 21 heavy (non-hydrogen) atoms. The molecule has 2 rings (SSSR count). The lowest BCUT2D eigenvalue weighted by Gasteiger charge is -2.06. The van der Waals surface area contributed by atoms with Gasteiger partial charge in [-0.3, -0.25) is 9.00 Å². The van der Waals surface area contributed by atoms with Crippen LogP contribution in [0.15, 0.2) is 48.5 Å². The zero-order valence-electron chi connectivity index (χ0n) is 11.6. The van der Waals surface area contributed by atoms with Gasteiger partial charge in [-0.15, -0.1) is 0 Å². The van der Waals surface area contributed by atoms with Crippen LogP contribution >= 0.6 is 0 Å². The molecule has 0 heterocycles. The van der Waals surface area contributed by atoms with Gasteiger partial charge in [-0.1, -0.05) is 35.9 Å². The minimum absolute atomic E-state index is 0.0357. The van der Waals surface area contributed by atoms with Crippen LogP contribution in [0.4, 0.5) is 10.1 Å². The largest absolute Gasteiger partial charge is 0.325 e. The van der Waals surface area contributed by atoms with E-state index in [9.17, 15) is 13.4 Å². The highest BCUT2D eigenvalue weighted by Crippen LogP contribution is 2.11. The zero-order chi connectivity index (χ0) is 15.2. The van der Waals surface area contributed by atoms with Crippen LogP contribution in [0, 0.1) is 12.7 Å². The minimum Gasteiger partial charge on any atom is -0.325 e. The highest BCUT2D eigenvalue weighted by atomic mass is 32.2. The molecule has 2 aromatic carbocycles. The van der Waals surface area contributed by atoms with Crippen molar-refractivity contribution >= 4 is 22.4 Å². The Morgan fingerprint density at radius 3 is 2.48 bits per heavy atom. The predicted octanol–water partition coefficient (Wildman–Crippen LogP) is 3.02. The van der Waals surface area contributed by atoms with Crippen LogP contribution < -0.4 is 5.32 Å². The van der Waals surface area contributed by atoms with Gasteiger partial charge in [0.15, 0.2) is 0 Å². The molecule has 1 atom stereocenters. The Morgan fingerprint density at radius 1 is 1.14 bits per heavy atom. The van der Waals surface area contributed by atoms with E-state index in [1.807, 2.05) is 19.1 Å². The normalized spacial score (nSPS) is 11.9. The lowest BCUT2D eigenvalue weighted by Crippen LogP contribution is -2.20. The summed E-state index contributed by atoms with van der Waals surface area (Å²) < 4.78 is 25.3.